The molecular weight excluding hydrogens is 347 g/mol. The van der Waals surface area contributed by atoms with Gasteiger partial charge in [0.05, 0.1) is 11.6 Å². The molecule has 1 heterocycles. The number of halogens is 2. The molecule has 4 rings (SSSR count). The Morgan fingerprint density at radius 1 is 0.962 bits per heavy atom. The molecule has 0 bridgehead atoms. The van der Waals surface area contributed by atoms with E-state index in [9.17, 15) is 4.39 Å². The molecule has 3 aliphatic rings. The van der Waals surface area contributed by atoms with Crippen LogP contribution in [0.4, 0.5) is 4.39 Å². The molecule has 0 N–H and O–H groups in total. The molecule has 1 saturated heterocycles. The van der Waals surface area contributed by atoms with Crippen molar-refractivity contribution in [3.05, 3.63) is 34.1 Å². The zero-order valence-electron chi connectivity index (χ0n) is 16.0. The van der Waals surface area contributed by atoms with Gasteiger partial charge in [-0.25, -0.2) is 4.39 Å². The third-order valence-corrected chi connectivity index (χ3v) is 7.67. The van der Waals surface area contributed by atoms with E-state index < -0.39 is 0 Å². The number of hydrogen-bond donors (Lipinski definition) is 0. The summed E-state index contributed by atoms with van der Waals surface area (Å²) in [6.07, 6.45) is 13.4. The molecule has 0 aromatic heterocycles. The fourth-order valence-electron chi connectivity index (χ4n) is 5.63. The van der Waals surface area contributed by atoms with E-state index in [2.05, 4.69) is 13.0 Å². The van der Waals surface area contributed by atoms with Gasteiger partial charge in [0.25, 0.3) is 0 Å². The average molecular weight is 379 g/mol. The van der Waals surface area contributed by atoms with E-state index in [-0.39, 0.29) is 11.9 Å². The zero-order chi connectivity index (χ0) is 18.1. The Kier molecular flexibility index (Phi) is 5.90. The molecule has 144 valence electrons. The van der Waals surface area contributed by atoms with Crippen molar-refractivity contribution in [2.24, 2.45) is 17.8 Å². The highest BCUT2D eigenvalue weighted by Crippen LogP contribution is 2.46. The summed E-state index contributed by atoms with van der Waals surface area (Å²) in [6.45, 7) is 2.93. The van der Waals surface area contributed by atoms with E-state index in [1.54, 1.807) is 0 Å². The highest BCUT2D eigenvalue weighted by Gasteiger charge is 2.34. The van der Waals surface area contributed by atoms with Gasteiger partial charge in [-0.15, -0.1) is 0 Å². The SMILES string of the molecule is CCCC1CCC(C2CCC(c3ccc(C4CO4)c(F)c3Cl)CC2)CC1. The van der Waals surface area contributed by atoms with Gasteiger partial charge in [-0.1, -0.05) is 56.3 Å². The minimum Gasteiger partial charge on any atom is -0.368 e. The van der Waals surface area contributed by atoms with Crippen LogP contribution in [0.3, 0.4) is 0 Å². The molecule has 0 radical (unpaired) electrons. The topological polar surface area (TPSA) is 12.5 Å². The predicted molar refractivity (Wildman–Crippen MR) is 105 cm³/mol. The second-order valence-electron chi connectivity index (χ2n) is 8.88. The Labute approximate surface area is 162 Å². The van der Waals surface area contributed by atoms with Crippen LogP contribution < -0.4 is 0 Å². The van der Waals surface area contributed by atoms with Gasteiger partial charge in [0.1, 0.15) is 11.9 Å². The summed E-state index contributed by atoms with van der Waals surface area (Å²) in [7, 11) is 0. The quantitative estimate of drug-likeness (QED) is 0.485. The third-order valence-electron chi connectivity index (χ3n) is 7.29. The fourth-order valence-corrected chi connectivity index (χ4v) is 5.96. The van der Waals surface area contributed by atoms with Gasteiger partial charge in [0.2, 0.25) is 0 Å². The first-order chi connectivity index (χ1) is 12.7. The maximum absolute atomic E-state index is 14.6. The van der Waals surface area contributed by atoms with E-state index in [0.717, 1.165) is 36.2 Å². The monoisotopic (exact) mass is 378 g/mol. The minimum absolute atomic E-state index is 0.0693. The molecule has 3 fully saturated rings. The predicted octanol–water partition coefficient (Wildman–Crippen LogP) is 7.43. The van der Waals surface area contributed by atoms with Crippen LogP contribution in [0.1, 0.15) is 94.3 Å². The molecular formula is C23H32ClFO. The van der Waals surface area contributed by atoms with Gasteiger partial charge in [-0.05, 0) is 67.8 Å². The van der Waals surface area contributed by atoms with Crippen LogP contribution in [0.2, 0.25) is 5.02 Å². The molecule has 1 aromatic carbocycles. The Morgan fingerprint density at radius 2 is 1.54 bits per heavy atom. The minimum atomic E-state index is -0.247. The molecule has 1 nitrogen and oxygen atoms in total. The highest BCUT2D eigenvalue weighted by atomic mass is 35.5. The lowest BCUT2D eigenvalue weighted by Crippen LogP contribution is -2.25. The van der Waals surface area contributed by atoms with Gasteiger partial charge in [0, 0.05) is 5.56 Å². The van der Waals surface area contributed by atoms with Crippen molar-refractivity contribution in [3.8, 4) is 0 Å². The van der Waals surface area contributed by atoms with Gasteiger partial charge in [0.15, 0.2) is 0 Å². The highest BCUT2D eigenvalue weighted by molar-refractivity contribution is 6.31. The van der Waals surface area contributed by atoms with Gasteiger partial charge >= 0.3 is 0 Å². The number of rotatable bonds is 5. The van der Waals surface area contributed by atoms with Crippen molar-refractivity contribution in [1.82, 2.24) is 0 Å². The smallest absolute Gasteiger partial charge is 0.147 e. The Hall–Kier alpha value is -0.600. The van der Waals surface area contributed by atoms with Crippen molar-refractivity contribution in [1.29, 1.82) is 0 Å². The Balaban J connectivity index is 1.33. The molecule has 1 aromatic rings. The molecule has 0 amide bonds. The number of benzene rings is 1. The standard InChI is InChI=1S/C23H32ClFO/c1-2-3-15-4-6-16(7-5-15)17-8-10-18(11-9-17)19-12-13-20(21-14-26-21)23(25)22(19)24/h12-13,15-18,21H,2-11,14H2,1H3. The van der Waals surface area contributed by atoms with Crippen molar-refractivity contribution in [2.45, 2.75) is 83.2 Å². The van der Waals surface area contributed by atoms with E-state index in [1.807, 2.05) is 6.07 Å². The summed E-state index contributed by atoms with van der Waals surface area (Å²) >= 11 is 6.40. The van der Waals surface area contributed by atoms with E-state index in [4.69, 9.17) is 16.3 Å². The second-order valence-corrected chi connectivity index (χ2v) is 9.25. The average Bonchev–Trinajstić information content (AvgIpc) is 3.50. The fraction of sp³-hybridized carbons (Fsp3) is 0.739. The molecule has 1 atom stereocenters. The summed E-state index contributed by atoms with van der Waals surface area (Å²) in [6, 6.07) is 3.96. The lowest BCUT2D eigenvalue weighted by atomic mass is 9.68. The first-order valence-corrected chi connectivity index (χ1v) is 11.1. The van der Waals surface area contributed by atoms with Crippen molar-refractivity contribution < 1.29 is 9.13 Å². The first kappa shape index (κ1) is 18.7. The van der Waals surface area contributed by atoms with Gasteiger partial charge in [-0.3, -0.25) is 0 Å². The van der Waals surface area contributed by atoms with Crippen LogP contribution in [0.15, 0.2) is 12.1 Å². The molecule has 1 aliphatic heterocycles. The lowest BCUT2D eigenvalue weighted by Gasteiger charge is -2.38. The van der Waals surface area contributed by atoms with Gasteiger partial charge < -0.3 is 4.74 Å². The Bertz CT molecular complexity index is 611. The van der Waals surface area contributed by atoms with E-state index in [0.29, 0.717) is 23.1 Å². The van der Waals surface area contributed by atoms with Crippen LogP contribution in [0.25, 0.3) is 0 Å². The van der Waals surface area contributed by atoms with Crippen molar-refractivity contribution in [2.75, 3.05) is 6.61 Å². The molecule has 3 heteroatoms. The number of ether oxygens (including phenoxy) is 1. The maximum Gasteiger partial charge on any atom is 0.147 e. The van der Waals surface area contributed by atoms with Crippen molar-refractivity contribution in [3.63, 3.8) is 0 Å². The normalized spacial score (nSPS) is 34.7. The lowest BCUT2D eigenvalue weighted by molar-refractivity contribution is 0.156. The summed E-state index contributed by atoms with van der Waals surface area (Å²) in [5, 5.41) is 0.349. The molecule has 2 saturated carbocycles. The first-order valence-electron chi connectivity index (χ1n) is 10.8. The van der Waals surface area contributed by atoms with Crippen molar-refractivity contribution >= 4 is 11.6 Å². The molecule has 26 heavy (non-hydrogen) atoms. The van der Waals surface area contributed by atoms with E-state index in [1.165, 1.54) is 51.4 Å². The van der Waals surface area contributed by atoms with Crippen LogP contribution >= 0.6 is 11.6 Å². The summed E-state index contributed by atoms with van der Waals surface area (Å²) < 4.78 is 19.8. The molecule has 0 spiro atoms. The molecule has 2 aliphatic carbocycles. The maximum atomic E-state index is 14.6. The van der Waals surface area contributed by atoms with Crippen LogP contribution in [-0.4, -0.2) is 6.61 Å². The summed E-state index contributed by atoms with van der Waals surface area (Å²) in [5.41, 5.74) is 1.66. The zero-order valence-corrected chi connectivity index (χ0v) is 16.7. The van der Waals surface area contributed by atoms with Crippen LogP contribution in [0.5, 0.6) is 0 Å². The van der Waals surface area contributed by atoms with Crippen LogP contribution in [-0.2, 0) is 4.74 Å². The van der Waals surface area contributed by atoms with Crippen LogP contribution in [0, 0.1) is 23.6 Å². The van der Waals surface area contributed by atoms with Gasteiger partial charge in [-0.2, -0.15) is 0 Å². The molecule has 1 unspecified atom stereocenters. The largest absolute Gasteiger partial charge is 0.368 e. The number of hydrogen-bond acceptors (Lipinski definition) is 1. The number of epoxide rings is 1. The Morgan fingerprint density at radius 3 is 2.12 bits per heavy atom. The van der Waals surface area contributed by atoms with E-state index >= 15 is 0 Å². The third kappa shape index (κ3) is 3.97. The second kappa shape index (κ2) is 8.19. The summed E-state index contributed by atoms with van der Waals surface area (Å²) in [5.74, 6) is 2.99. The summed E-state index contributed by atoms with van der Waals surface area (Å²) in [4.78, 5) is 0.